The van der Waals surface area contributed by atoms with E-state index in [4.69, 9.17) is 5.41 Å². The molecule has 2 heterocycles. The smallest absolute Gasteiger partial charge is 0.253 e. The number of hydrogen-bond acceptors (Lipinski definition) is 3. The fraction of sp³-hybridized carbons (Fsp3) is 0.353. The van der Waals surface area contributed by atoms with Gasteiger partial charge in [0.25, 0.3) is 5.91 Å². The molecule has 6 nitrogen and oxygen atoms in total. The number of alkyl halides is 1. The van der Waals surface area contributed by atoms with Gasteiger partial charge in [0.2, 0.25) is 5.91 Å². The SMILES string of the molecule is CC(=N)[C@@H]1CC(F)CN1C(=O)CNC(=O)c1c[nH]c2ccccc12. The molecule has 0 saturated carbocycles. The van der Waals surface area contributed by atoms with Gasteiger partial charge >= 0.3 is 0 Å². The highest BCUT2D eigenvalue weighted by Crippen LogP contribution is 2.21. The van der Waals surface area contributed by atoms with Crippen molar-refractivity contribution in [2.45, 2.75) is 25.6 Å². The molecule has 1 aliphatic rings. The van der Waals surface area contributed by atoms with Gasteiger partial charge in [0.05, 0.1) is 24.7 Å². The van der Waals surface area contributed by atoms with Gasteiger partial charge in [0, 0.05) is 29.2 Å². The Morgan fingerprint density at radius 2 is 2.17 bits per heavy atom. The molecule has 126 valence electrons. The zero-order valence-electron chi connectivity index (χ0n) is 13.3. The van der Waals surface area contributed by atoms with Crippen molar-refractivity contribution in [1.82, 2.24) is 15.2 Å². The summed E-state index contributed by atoms with van der Waals surface area (Å²) in [5.41, 5.74) is 1.56. The zero-order valence-corrected chi connectivity index (χ0v) is 13.3. The van der Waals surface area contributed by atoms with Crippen LogP contribution in [0.25, 0.3) is 10.9 Å². The number of nitrogens with zero attached hydrogens (tertiary/aromatic N) is 1. The van der Waals surface area contributed by atoms with Crippen LogP contribution in [-0.2, 0) is 4.79 Å². The molecule has 1 unspecified atom stereocenters. The van der Waals surface area contributed by atoms with E-state index in [1.54, 1.807) is 13.1 Å². The number of halogens is 1. The van der Waals surface area contributed by atoms with Gasteiger partial charge in [0.1, 0.15) is 6.17 Å². The molecule has 1 fully saturated rings. The summed E-state index contributed by atoms with van der Waals surface area (Å²) < 4.78 is 13.6. The minimum Gasteiger partial charge on any atom is -0.360 e. The van der Waals surface area contributed by atoms with Crippen LogP contribution in [0.3, 0.4) is 0 Å². The van der Waals surface area contributed by atoms with Gasteiger partial charge in [-0.15, -0.1) is 0 Å². The predicted octanol–water partition coefficient (Wildman–Crippen LogP) is 1.88. The Morgan fingerprint density at radius 3 is 2.92 bits per heavy atom. The Kier molecular flexibility index (Phi) is 4.33. The summed E-state index contributed by atoms with van der Waals surface area (Å²) in [7, 11) is 0. The second-order valence-electron chi connectivity index (χ2n) is 6.01. The molecule has 0 aliphatic carbocycles. The van der Waals surface area contributed by atoms with Crippen LogP contribution >= 0.6 is 0 Å². The third-order valence-corrected chi connectivity index (χ3v) is 4.30. The van der Waals surface area contributed by atoms with Crippen molar-refractivity contribution in [3.63, 3.8) is 0 Å². The monoisotopic (exact) mass is 330 g/mol. The van der Waals surface area contributed by atoms with Gasteiger partial charge in [-0.05, 0) is 13.0 Å². The highest BCUT2D eigenvalue weighted by Gasteiger charge is 2.36. The van der Waals surface area contributed by atoms with E-state index in [-0.39, 0.29) is 37.0 Å². The highest BCUT2D eigenvalue weighted by atomic mass is 19.1. The molecule has 7 heteroatoms. The molecule has 3 N–H and O–H groups in total. The molecular weight excluding hydrogens is 311 g/mol. The summed E-state index contributed by atoms with van der Waals surface area (Å²) in [6.07, 6.45) is 0.628. The average Bonchev–Trinajstić information content (AvgIpc) is 3.16. The van der Waals surface area contributed by atoms with E-state index < -0.39 is 12.2 Å². The number of rotatable bonds is 4. The molecule has 3 rings (SSSR count). The number of H-pyrrole nitrogens is 1. The van der Waals surface area contributed by atoms with Crippen LogP contribution < -0.4 is 5.32 Å². The number of hydrogen-bond donors (Lipinski definition) is 3. The van der Waals surface area contributed by atoms with Crippen molar-refractivity contribution < 1.29 is 14.0 Å². The molecule has 2 amide bonds. The molecule has 0 spiro atoms. The van der Waals surface area contributed by atoms with Crippen molar-refractivity contribution in [3.05, 3.63) is 36.0 Å². The molecule has 1 saturated heterocycles. The number of para-hydroxylation sites is 1. The van der Waals surface area contributed by atoms with Gasteiger partial charge in [0.15, 0.2) is 0 Å². The largest absolute Gasteiger partial charge is 0.360 e. The number of fused-ring (bicyclic) bond motifs is 1. The number of benzene rings is 1. The Hall–Kier alpha value is -2.70. The molecule has 0 radical (unpaired) electrons. The number of aromatic nitrogens is 1. The van der Waals surface area contributed by atoms with Crippen molar-refractivity contribution >= 4 is 28.4 Å². The molecule has 2 aromatic rings. The summed E-state index contributed by atoms with van der Waals surface area (Å²) in [6.45, 7) is 1.32. The lowest BCUT2D eigenvalue weighted by Gasteiger charge is -2.23. The lowest BCUT2D eigenvalue weighted by atomic mass is 10.1. The molecular formula is C17H19FN4O2. The van der Waals surface area contributed by atoms with Gasteiger partial charge in [-0.25, -0.2) is 4.39 Å². The normalized spacial score (nSPS) is 20.3. The van der Waals surface area contributed by atoms with Crippen LogP contribution in [0.15, 0.2) is 30.5 Å². The maximum Gasteiger partial charge on any atom is 0.253 e. The van der Waals surface area contributed by atoms with Crippen molar-refractivity contribution in [3.8, 4) is 0 Å². The third kappa shape index (κ3) is 3.02. The predicted molar refractivity (Wildman–Crippen MR) is 89.0 cm³/mol. The lowest BCUT2D eigenvalue weighted by molar-refractivity contribution is -0.130. The fourth-order valence-electron chi connectivity index (χ4n) is 3.08. The molecule has 1 aromatic heterocycles. The van der Waals surface area contributed by atoms with E-state index in [2.05, 4.69) is 10.3 Å². The maximum atomic E-state index is 13.6. The van der Waals surface area contributed by atoms with E-state index in [1.807, 2.05) is 24.3 Å². The summed E-state index contributed by atoms with van der Waals surface area (Å²) in [4.78, 5) is 28.9. The summed E-state index contributed by atoms with van der Waals surface area (Å²) in [5, 5.41) is 11.0. The average molecular weight is 330 g/mol. The number of nitrogens with one attached hydrogen (secondary N) is 3. The highest BCUT2D eigenvalue weighted by molar-refractivity contribution is 6.07. The number of aromatic amines is 1. The minimum atomic E-state index is -1.12. The van der Waals surface area contributed by atoms with E-state index in [0.29, 0.717) is 5.56 Å². The summed E-state index contributed by atoms with van der Waals surface area (Å²) in [6, 6.07) is 6.87. The van der Waals surface area contributed by atoms with Crippen LogP contribution in [0, 0.1) is 5.41 Å². The minimum absolute atomic E-state index is 0.0251. The maximum absolute atomic E-state index is 13.6. The number of amides is 2. The molecule has 0 bridgehead atoms. The second-order valence-corrected chi connectivity index (χ2v) is 6.01. The van der Waals surface area contributed by atoms with Gasteiger partial charge in [-0.2, -0.15) is 0 Å². The Labute approximate surface area is 138 Å². The first-order valence-electron chi connectivity index (χ1n) is 7.80. The first kappa shape index (κ1) is 16.2. The van der Waals surface area contributed by atoms with Crippen molar-refractivity contribution in [2.24, 2.45) is 0 Å². The van der Waals surface area contributed by atoms with Crippen LogP contribution in [0.4, 0.5) is 4.39 Å². The van der Waals surface area contributed by atoms with Crippen LogP contribution in [-0.4, -0.2) is 52.7 Å². The second kappa shape index (κ2) is 6.43. The number of carbonyl (C=O) groups is 2. The van der Waals surface area contributed by atoms with Gasteiger partial charge < -0.3 is 20.6 Å². The molecule has 2 atom stereocenters. The lowest BCUT2D eigenvalue weighted by Crippen LogP contribution is -2.45. The van der Waals surface area contributed by atoms with Gasteiger partial charge in [-0.3, -0.25) is 9.59 Å². The quantitative estimate of drug-likeness (QED) is 0.747. The first-order chi connectivity index (χ1) is 11.5. The number of carbonyl (C=O) groups excluding carboxylic acids is 2. The first-order valence-corrected chi connectivity index (χ1v) is 7.80. The zero-order chi connectivity index (χ0) is 17.3. The van der Waals surface area contributed by atoms with E-state index in [1.165, 1.54) is 4.90 Å². The number of likely N-dealkylation sites (tertiary alicyclic amines) is 1. The van der Waals surface area contributed by atoms with E-state index >= 15 is 0 Å². The molecule has 1 aromatic carbocycles. The summed E-state index contributed by atoms with van der Waals surface area (Å²) >= 11 is 0. The molecule has 24 heavy (non-hydrogen) atoms. The Morgan fingerprint density at radius 1 is 1.42 bits per heavy atom. The van der Waals surface area contributed by atoms with E-state index in [9.17, 15) is 14.0 Å². The Bertz CT molecular complexity index is 801. The molecule has 1 aliphatic heterocycles. The fourth-order valence-corrected chi connectivity index (χ4v) is 3.08. The summed E-state index contributed by atoms with van der Waals surface area (Å²) in [5.74, 6) is -0.736. The third-order valence-electron chi connectivity index (χ3n) is 4.30. The van der Waals surface area contributed by atoms with Crippen LogP contribution in [0.2, 0.25) is 0 Å². The van der Waals surface area contributed by atoms with Crippen LogP contribution in [0.5, 0.6) is 0 Å². The van der Waals surface area contributed by atoms with Gasteiger partial charge in [-0.1, -0.05) is 18.2 Å². The van der Waals surface area contributed by atoms with Crippen LogP contribution in [0.1, 0.15) is 23.7 Å². The topological polar surface area (TPSA) is 89.1 Å². The Balaban J connectivity index is 1.66. The van der Waals surface area contributed by atoms with Crippen molar-refractivity contribution in [1.29, 1.82) is 5.41 Å². The van der Waals surface area contributed by atoms with E-state index in [0.717, 1.165) is 10.9 Å². The standard InChI is InChI=1S/C17H19FN4O2/c1-10(19)15-6-11(18)9-22(15)16(23)8-21-17(24)13-7-20-14-5-3-2-4-12(13)14/h2-5,7,11,15,19-20H,6,8-9H2,1H3,(H,21,24)/t11?,15-/m0/s1. The van der Waals surface area contributed by atoms with Crippen molar-refractivity contribution in [2.75, 3.05) is 13.1 Å².